The zero-order valence-electron chi connectivity index (χ0n) is 7.91. The number of sulfonamides is 1. The highest BCUT2D eigenvalue weighted by Crippen LogP contribution is 1.90. The van der Waals surface area contributed by atoms with Crippen LogP contribution in [0.25, 0.3) is 0 Å². The second-order valence-electron chi connectivity index (χ2n) is 3.26. The zero-order valence-corrected chi connectivity index (χ0v) is 8.73. The maximum Gasteiger partial charge on any atom is 0.208 e. The van der Waals surface area contributed by atoms with Gasteiger partial charge in [0.15, 0.2) is 0 Å². The standard InChI is InChI=1S/C7H17N3O2S/c1-13(11,12)9-4-7-10-5-2-8-3-6-10/h8-9H,2-7H2,1H3. The molecule has 78 valence electrons. The summed E-state index contributed by atoms with van der Waals surface area (Å²) in [6.45, 7) is 5.32. The Balaban J connectivity index is 2.11. The molecule has 5 nitrogen and oxygen atoms in total. The molecule has 1 heterocycles. The third-order valence-corrected chi connectivity index (χ3v) is 2.73. The molecule has 0 atom stereocenters. The minimum Gasteiger partial charge on any atom is -0.314 e. The normalized spacial score (nSPS) is 20.4. The largest absolute Gasteiger partial charge is 0.314 e. The molecule has 0 amide bonds. The van der Waals surface area contributed by atoms with Gasteiger partial charge in [0.05, 0.1) is 6.26 Å². The highest BCUT2D eigenvalue weighted by molar-refractivity contribution is 7.88. The molecule has 1 fully saturated rings. The van der Waals surface area contributed by atoms with E-state index in [4.69, 9.17) is 0 Å². The fourth-order valence-electron chi connectivity index (χ4n) is 1.32. The lowest BCUT2D eigenvalue weighted by Crippen LogP contribution is -2.46. The van der Waals surface area contributed by atoms with E-state index in [1.165, 1.54) is 6.26 Å². The SMILES string of the molecule is CS(=O)(=O)NCCN1CCNCC1. The molecule has 0 aromatic carbocycles. The lowest BCUT2D eigenvalue weighted by molar-refractivity contribution is 0.245. The Labute approximate surface area is 79.5 Å². The van der Waals surface area contributed by atoms with E-state index in [2.05, 4.69) is 14.9 Å². The van der Waals surface area contributed by atoms with Crippen molar-refractivity contribution in [2.75, 3.05) is 45.5 Å². The van der Waals surface area contributed by atoms with Gasteiger partial charge < -0.3 is 5.32 Å². The summed E-state index contributed by atoms with van der Waals surface area (Å²) in [5.41, 5.74) is 0. The highest BCUT2D eigenvalue weighted by atomic mass is 32.2. The van der Waals surface area contributed by atoms with Gasteiger partial charge in [-0.25, -0.2) is 13.1 Å². The van der Waals surface area contributed by atoms with Crippen molar-refractivity contribution in [2.24, 2.45) is 0 Å². The Kier molecular flexibility index (Phi) is 4.11. The van der Waals surface area contributed by atoms with Crippen LogP contribution < -0.4 is 10.0 Å². The second kappa shape index (κ2) is 4.90. The molecular formula is C7H17N3O2S. The van der Waals surface area contributed by atoms with E-state index in [1.54, 1.807) is 0 Å². The van der Waals surface area contributed by atoms with Gasteiger partial charge in [0.1, 0.15) is 0 Å². The van der Waals surface area contributed by atoms with Crippen LogP contribution >= 0.6 is 0 Å². The van der Waals surface area contributed by atoms with Crippen LogP contribution in [-0.2, 0) is 10.0 Å². The van der Waals surface area contributed by atoms with Crippen LogP contribution in [0.1, 0.15) is 0 Å². The second-order valence-corrected chi connectivity index (χ2v) is 5.09. The van der Waals surface area contributed by atoms with Gasteiger partial charge in [0.2, 0.25) is 10.0 Å². The smallest absolute Gasteiger partial charge is 0.208 e. The molecule has 13 heavy (non-hydrogen) atoms. The fraction of sp³-hybridized carbons (Fsp3) is 1.00. The Morgan fingerprint density at radius 3 is 2.54 bits per heavy atom. The summed E-state index contributed by atoms with van der Waals surface area (Å²) in [5.74, 6) is 0. The van der Waals surface area contributed by atoms with E-state index in [1.807, 2.05) is 0 Å². The molecule has 0 spiro atoms. The molecule has 2 N–H and O–H groups in total. The van der Waals surface area contributed by atoms with Crippen LogP contribution in [-0.4, -0.2) is 58.8 Å². The van der Waals surface area contributed by atoms with Crippen LogP contribution in [0.4, 0.5) is 0 Å². The van der Waals surface area contributed by atoms with Crippen molar-refractivity contribution in [2.45, 2.75) is 0 Å². The Hall–Kier alpha value is -0.170. The van der Waals surface area contributed by atoms with Crippen LogP contribution in [0.2, 0.25) is 0 Å². The first kappa shape index (κ1) is 10.9. The van der Waals surface area contributed by atoms with Crippen LogP contribution in [0.15, 0.2) is 0 Å². The molecule has 0 aromatic heterocycles. The van der Waals surface area contributed by atoms with Gasteiger partial charge in [-0.1, -0.05) is 0 Å². The Morgan fingerprint density at radius 2 is 2.00 bits per heavy atom. The number of rotatable bonds is 4. The summed E-state index contributed by atoms with van der Waals surface area (Å²) in [4.78, 5) is 2.24. The topological polar surface area (TPSA) is 61.4 Å². The molecular weight excluding hydrogens is 190 g/mol. The van der Waals surface area contributed by atoms with Crippen molar-refractivity contribution in [3.63, 3.8) is 0 Å². The minimum absolute atomic E-state index is 0.513. The van der Waals surface area contributed by atoms with Gasteiger partial charge in [-0.05, 0) is 0 Å². The lowest BCUT2D eigenvalue weighted by atomic mass is 10.3. The van der Waals surface area contributed by atoms with E-state index in [-0.39, 0.29) is 0 Å². The maximum atomic E-state index is 10.7. The molecule has 1 aliphatic rings. The van der Waals surface area contributed by atoms with Crippen molar-refractivity contribution >= 4 is 10.0 Å². The number of nitrogens with one attached hydrogen (secondary N) is 2. The van der Waals surface area contributed by atoms with Crippen molar-refractivity contribution in [1.82, 2.24) is 14.9 Å². The number of hydrogen-bond acceptors (Lipinski definition) is 4. The first-order valence-corrected chi connectivity index (χ1v) is 6.35. The van der Waals surface area contributed by atoms with Crippen molar-refractivity contribution < 1.29 is 8.42 Å². The summed E-state index contributed by atoms with van der Waals surface area (Å²) in [6, 6.07) is 0. The number of hydrogen-bond donors (Lipinski definition) is 2. The van der Waals surface area contributed by atoms with Gasteiger partial charge in [-0.15, -0.1) is 0 Å². The van der Waals surface area contributed by atoms with Gasteiger partial charge in [-0.3, -0.25) is 4.90 Å². The van der Waals surface area contributed by atoms with E-state index in [0.29, 0.717) is 6.54 Å². The third kappa shape index (κ3) is 5.20. The first-order valence-electron chi connectivity index (χ1n) is 4.46. The molecule has 0 saturated carbocycles. The average Bonchev–Trinajstić information content (AvgIpc) is 2.04. The molecule has 0 radical (unpaired) electrons. The van der Waals surface area contributed by atoms with E-state index in [0.717, 1.165) is 32.7 Å². The Bertz CT molecular complexity index is 234. The van der Waals surface area contributed by atoms with Gasteiger partial charge in [-0.2, -0.15) is 0 Å². The highest BCUT2D eigenvalue weighted by Gasteiger charge is 2.09. The molecule has 0 unspecified atom stereocenters. The maximum absolute atomic E-state index is 10.7. The molecule has 1 rings (SSSR count). The zero-order chi connectivity index (χ0) is 9.73. The molecule has 0 bridgehead atoms. The van der Waals surface area contributed by atoms with Crippen LogP contribution in [0.5, 0.6) is 0 Å². The lowest BCUT2D eigenvalue weighted by Gasteiger charge is -2.26. The summed E-state index contributed by atoms with van der Waals surface area (Å²) >= 11 is 0. The summed E-state index contributed by atoms with van der Waals surface area (Å²) in [6.07, 6.45) is 1.19. The van der Waals surface area contributed by atoms with Crippen molar-refractivity contribution in [3.8, 4) is 0 Å². The molecule has 0 aromatic rings. The average molecular weight is 207 g/mol. The van der Waals surface area contributed by atoms with Gasteiger partial charge in [0, 0.05) is 39.3 Å². The number of piperazine rings is 1. The minimum atomic E-state index is -3.02. The molecule has 1 aliphatic heterocycles. The van der Waals surface area contributed by atoms with E-state index in [9.17, 15) is 8.42 Å². The summed E-state index contributed by atoms with van der Waals surface area (Å²) < 4.78 is 23.9. The fourth-order valence-corrected chi connectivity index (χ4v) is 1.79. The van der Waals surface area contributed by atoms with Gasteiger partial charge in [0.25, 0.3) is 0 Å². The van der Waals surface area contributed by atoms with Crippen LogP contribution in [0.3, 0.4) is 0 Å². The quantitative estimate of drug-likeness (QED) is 0.585. The van der Waals surface area contributed by atoms with E-state index < -0.39 is 10.0 Å². The first-order chi connectivity index (χ1) is 6.08. The third-order valence-electron chi connectivity index (χ3n) is 2.00. The summed E-state index contributed by atoms with van der Waals surface area (Å²) in [5, 5.41) is 3.24. The number of nitrogens with zero attached hydrogens (tertiary/aromatic N) is 1. The van der Waals surface area contributed by atoms with Crippen molar-refractivity contribution in [3.05, 3.63) is 0 Å². The predicted molar refractivity (Wildman–Crippen MR) is 52.2 cm³/mol. The van der Waals surface area contributed by atoms with Crippen molar-refractivity contribution in [1.29, 1.82) is 0 Å². The summed E-state index contributed by atoms with van der Waals surface area (Å²) in [7, 11) is -3.02. The molecule has 6 heteroatoms. The van der Waals surface area contributed by atoms with E-state index >= 15 is 0 Å². The van der Waals surface area contributed by atoms with Gasteiger partial charge >= 0.3 is 0 Å². The Morgan fingerprint density at radius 1 is 1.38 bits per heavy atom. The monoisotopic (exact) mass is 207 g/mol. The molecule has 1 saturated heterocycles. The molecule has 0 aliphatic carbocycles. The van der Waals surface area contributed by atoms with Crippen LogP contribution in [0, 0.1) is 0 Å². The predicted octanol–water partition coefficient (Wildman–Crippen LogP) is -1.56.